The number of carbonyl (C=O) groups excluding carboxylic acids is 1. The van der Waals surface area contributed by atoms with E-state index in [0.29, 0.717) is 12.1 Å². The third kappa shape index (κ3) is 3.95. The SMILES string of the molecule is CC(=O)N1CCC(NC2CCCCC2C(C)C)CC1. The fourth-order valence-corrected chi connectivity index (χ4v) is 3.83. The normalized spacial score (nSPS) is 29.8. The van der Waals surface area contributed by atoms with Crippen molar-refractivity contribution in [3.05, 3.63) is 0 Å². The monoisotopic (exact) mass is 266 g/mol. The molecule has 19 heavy (non-hydrogen) atoms. The zero-order chi connectivity index (χ0) is 13.8. The van der Waals surface area contributed by atoms with Crippen LogP contribution in [-0.2, 0) is 4.79 Å². The molecule has 0 aromatic rings. The van der Waals surface area contributed by atoms with Crippen molar-refractivity contribution < 1.29 is 4.79 Å². The van der Waals surface area contributed by atoms with Gasteiger partial charge >= 0.3 is 0 Å². The molecule has 1 amide bonds. The second-order valence-corrected chi connectivity index (χ2v) is 6.75. The Labute approximate surface area is 118 Å². The topological polar surface area (TPSA) is 32.3 Å². The Balaban J connectivity index is 1.82. The van der Waals surface area contributed by atoms with Crippen LogP contribution in [0.5, 0.6) is 0 Å². The van der Waals surface area contributed by atoms with Crippen LogP contribution in [0.15, 0.2) is 0 Å². The molecule has 1 N–H and O–H groups in total. The highest BCUT2D eigenvalue weighted by molar-refractivity contribution is 5.73. The van der Waals surface area contributed by atoms with E-state index in [4.69, 9.17) is 0 Å². The summed E-state index contributed by atoms with van der Waals surface area (Å²) in [6.07, 6.45) is 7.77. The Morgan fingerprint density at radius 3 is 2.32 bits per heavy atom. The fourth-order valence-electron chi connectivity index (χ4n) is 3.83. The molecule has 110 valence electrons. The summed E-state index contributed by atoms with van der Waals surface area (Å²) in [7, 11) is 0. The largest absolute Gasteiger partial charge is 0.343 e. The Morgan fingerprint density at radius 2 is 1.74 bits per heavy atom. The molecule has 2 atom stereocenters. The highest BCUT2D eigenvalue weighted by atomic mass is 16.2. The lowest BCUT2D eigenvalue weighted by Gasteiger charge is -2.40. The quantitative estimate of drug-likeness (QED) is 0.852. The van der Waals surface area contributed by atoms with Crippen LogP contribution in [0.3, 0.4) is 0 Å². The number of likely N-dealkylation sites (tertiary alicyclic amines) is 1. The first kappa shape index (κ1) is 14.8. The van der Waals surface area contributed by atoms with Crippen LogP contribution in [0.1, 0.15) is 59.3 Å². The highest BCUT2D eigenvalue weighted by Crippen LogP contribution is 2.31. The van der Waals surface area contributed by atoms with Crippen LogP contribution in [-0.4, -0.2) is 36.0 Å². The number of hydrogen-bond donors (Lipinski definition) is 1. The van der Waals surface area contributed by atoms with Gasteiger partial charge in [0.15, 0.2) is 0 Å². The van der Waals surface area contributed by atoms with Crippen LogP contribution in [0.4, 0.5) is 0 Å². The molecule has 0 spiro atoms. The molecule has 0 aromatic carbocycles. The molecular formula is C16H30N2O. The smallest absolute Gasteiger partial charge is 0.219 e. The van der Waals surface area contributed by atoms with Gasteiger partial charge in [-0.3, -0.25) is 4.79 Å². The van der Waals surface area contributed by atoms with Crippen molar-refractivity contribution in [2.75, 3.05) is 13.1 Å². The number of rotatable bonds is 3. The molecule has 1 heterocycles. The van der Waals surface area contributed by atoms with Crippen LogP contribution in [0.2, 0.25) is 0 Å². The fraction of sp³-hybridized carbons (Fsp3) is 0.938. The zero-order valence-electron chi connectivity index (χ0n) is 12.8. The van der Waals surface area contributed by atoms with E-state index < -0.39 is 0 Å². The van der Waals surface area contributed by atoms with E-state index >= 15 is 0 Å². The van der Waals surface area contributed by atoms with Gasteiger partial charge in [0.1, 0.15) is 0 Å². The minimum Gasteiger partial charge on any atom is -0.343 e. The molecule has 1 aliphatic heterocycles. The predicted molar refractivity (Wildman–Crippen MR) is 79.0 cm³/mol. The summed E-state index contributed by atoms with van der Waals surface area (Å²) in [5, 5.41) is 3.91. The molecular weight excluding hydrogens is 236 g/mol. The summed E-state index contributed by atoms with van der Waals surface area (Å²) in [6, 6.07) is 1.34. The van der Waals surface area contributed by atoms with Gasteiger partial charge in [-0.05, 0) is 37.5 Å². The van der Waals surface area contributed by atoms with Gasteiger partial charge in [0.2, 0.25) is 5.91 Å². The second kappa shape index (κ2) is 6.74. The third-order valence-electron chi connectivity index (χ3n) is 5.07. The van der Waals surface area contributed by atoms with E-state index in [1.807, 2.05) is 4.90 Å². The van der Waals surface area contributed by atoms with Crippen molar-refractivity contribution >= 4 is 5.91 Å². The Kier molecular flexibility index (Phi) is 5.26. The minimum absolute atomic E-state index is 0.233. The van der Waals surface area contributed by atoms with Gasteiger partial charge in [0.05, 0.1) is 0 Å². The molecule has 0 radical (unpaired) electrons. The molecule has 0 bridgehead atoms. The lowest BCUT2D eigenvalue weighted by atomic mass is 9.77. The maximum absolute atomic E-state index is 11.3. The number of piperidine rings is 1. The average molecular weight is 266 g/mol. The van der Waals surface area contributed by atoms with E-state index in [1.54, 1.807) is 6.92 Å². The van der Waals surface area contributed by atoms with Gasteiger partial charge in [0, 0.05) is 32.1 Å². The van der Waals surface area contributed by atoms with Gasteiger partial charge in [-0.1, -0.05) is 26.7 Å². The standard InChI is InChI=1S/C16H30N2O/c1-12(2)15-6-4-5-7-16(15)17-14-8-10-18(11-9-14)13(3)19/h12,14-17H,4-11H2,1-3H3. The number of nitrogens with one attached hydrogen (secondary N) is 1. The predicted octanol–water partition coefficient (Wildman–Crippen LogP) is 2.80. The van der Waals surface area contributed by atoms with Crippen LogP contribution >= 0.6 is 0 Å². The average Bonchev–Trinajstić information content (AvgIpc) is 2.39. The molecule has 1 aliphatic carbocycles. The Hall–Kier alpha value is -0.570. The van der Waals surface area contributed by atoms with Gasteiger partial charge in [-0.15, -0.1) is 0 Å². The van der Waals surface area contributed by atoms with Crippen molar-refractivity contribution in [1.29, 1.82) is 0 Å². The highest BCUT2D eigenvalue weighted by Gasteiger charge is 2.30. The second-order valence-electron chi connectivity index (χ2n) is 6.75. The van der Waals surface area contributed by atoms with Crippen LogP contribution < -0.4 is 5.32 Å². The maximum Gasteiger partial charge on any atom is 0.219 e. The number of carbonyl (C=O) groups is 1. The lowest BCUT2D eigenvalue weighted by molar-refractivity contribution is -0.129. The van der Waals surface area contributed by atoms with Gasteiger partial charge in [0.25, 0.3) is 0 Å². The summed E-state index contributed by atoms with van der Waals surface area (Å²) in [5.41, 5.74) is 0. The summed E-state index contributed by atoms with van der Waals surface area (Å²) >= 11 is 0. The lowest BCUT2D eigenvalue weighted by Crippen LogP contribution is -2.50. The van der Waals surface area contributed by atoms with Gasteiger partial charge in [-0.25, -0.2) is 0 Å². The van der Waals surface area contributed by atoms with Crippen molar-refractivity contribution in [1.82, 2.24) is 10.2 Å². The first-order chi connectivity index (χ1) is 9.08. The summed E-state index contributed by atoms with van der Waals surface area (Å²) in [4.78, 5) is 13.3. The molecule has 2 fully saturated rings. The molecule has 3 heteroatoms. The number of hydrogen-bond acceptors (Lipinski definition) is 2. The Bertz CT molecular complexity index is 295. The number of amides is 1. The van der Waals surface area contributed by atoms with Crippen molar-refractivity contribution in [3.63, 3.8) is 0 Å². The minimum atomic E-state index is 0.233. The third-order valence-corrected chi connectivity index (χ3v) is 5.07. The molecule has 2 unspecified atom stereocenters. The molecule has 3 nitrogen and oxygen atoms in total. The first-order valence-electron chi connectivity index (χ1n) is 8.09. The van der Waals surface area contributed by atoms with Crippen molar-refractivity contribution in [2.45, 2.75) is 71.4 Å². The van der Waals surface area contributed by atoms with Crippen LogP contribution in [0.25, 0.3) is 0 Å². The molecule has 1 saturated carbocycles. The van der Waals surface area contributed by atoms with Gasteiger partial charge in [-0.2, -0.15) is 0 Å². The van der Waals surface area contributed by atoms with E-state index in [-0.39, 0.29) is 5.91 Å². The molecule has 2 rings (SSSR count). The van der Waals surface area contributed by atoms with E-state index in [9.17, 15) is 4.79 Å². The van der Waals surface area contributed by atoms with E-state index in [1.165, 1.54) is 25.7 Å². The summed E-state index contributed by atoms with van der Waals surface area (Å²) < 4.78 is 0. The zero-order valence-corrected chi connectivity index (χ0v) is 12.8. The van der Waals surface area contributed by atoms with Crippen LogP contribution in [0, 0.1) is 11.8 Å². The molecule has 1 saturated heterocycles. The van der Waals surface area contributed by atoms with Crippen molar-refractivity contribution in [2.24, 2.45) is 11.8 Å². The Morgan fingerprint density at radius 1 is 1.11 bits per heavy atom. The number of nitrogens with zero attached hydrogens (tertiary/aromatic N) is 1. The van der Waals surface area contributed by atoms with E-state index in [2.05, 4.69) is 19.2 Å². The van der Waals surface area contributed by atoms with E-state index in [0.717, 1.165) is 37.8 Å². The van der Waals surface area contributed by atoms with Gasteiger partial charge < -0.3 is 10.2 Å². The first-order valence-corrected chi connectivity index (χ1v) is 8.09. The summed E-state index contributed by atoms with van der Waals surface area (Å²) in [6.45, 7) is 8.29. The molecule has 0 aromatic heterocycles. The molecule has 2 aliphatic rings. The summed E-state index contributed by atoms with van der Waals surface area (Å²) in [5.74, 6) is 1.87. The van der Waals surface area contributed by atoms with Crippen molar-refractivity contribution in [3.8, 4) is 0 Å². The maximum atomic E-state index is 11.3.